The first-order valence-electron chi connectivity index (χ1n) is 7.49. The summed E-state index contributed by atoms with van der Waals surface area (Å²) < 4.78 is 16.0. The van der Waals surface area contributed by atoms with Gasteiger partial charge in [0.2, 0.25) is 0 Å². The van der Waals surface area contributed by atoms with Gasteiger partial charge in [0.05, 0.1) is 38.7 Å². The molecular formula is C17H21NO4. The molecule has 1 aliphatic carbocycles. The zero-order valence-corrected chi connectivity index (χ0v) is 13.0. The third-order valence-corrected chi connectivity index (χ3v) is 3.94. The first-order valence-corrected chi connectivity index (χ1v) is 7.49. The molecule has 5 nitrogen and oxygen atoms in total. The van der Waals surface area contributed by atoms with Crippen LogP contribution in [-0.2, 0) is 9.53 Å². The predicted molar refractivity (Wildman–Crippen MR) is 80.9 cm³/mol. The van der Waals surface area contributed by atoms with Crippen LogP contribution in [0, 0.1) is 11.3 Å². The van der Waals surface area contributed by atoms with Crippen LogP contribution in [0.2, 0.25) is 0 Å². The molecule has 1 aliphatic rings. The smallest absolute Gasteiger partial charge is 0.307 e. The van der Waals surface area contributed by atoms with Crippen molar-refractivity contribution in [1.82, 2.24) is 0 Å². The summed E-state index contributed by atoms with van der Waals surface area (Å²) in [6, 6.07) is 7.51. The molecule has 0 amide bonds. The van der Waals surface area contributed by atoms with Crippen molar-refractivity contribution in [2.24, 2.45) is 0 Å². The number of methoxy groups -OCH3 is 2. The van der Waals surface area contributed by atoms with Crippen molar-refractivity contribution < 1.29 is 19.0 Å². The van der Waals surface area contributed by atoms with E-state index in [0.29, 0.717) is 11.5 Å². The molecule has 1 fully saturated rings. The lowest BCUT2D eigenvalue weighted by Gasteiger charge is -2.18. The van der Waals surface area contributed by atoms with Crippen molar-refractivity contribution in [1.29, 1.82) is 5.26 Å². The Morgan fingerprint density at radius 3 is 2.64 bits per heavy atom. The average molecular weight is 303 g/mol. The van der Waals surface area contributed by atoms with E-state index in [2.05, 4.69) is 10.8 Å². The number of carbonyl (C=O) groups is 1. The Labute approximate surface area is 130 Å². The molecule has 118 valence electrons. The van der Waals surface area contributed by atoms with Crippen LogP contribution in [0.4, 0.5) is 0 Å². The summed E-state index contributed by atoms with van der Waals surface area (Å²) >= 11 is 0. The molecule has 2 rings (SSSR count). The highest BCUT2D eigenvalue weighted by Crippen LogP contribution is 2.34. The maximum Gasteiger partial charge on any atom is 0.307 e. The van der Waals surface area contributed by atoms with Gasteiger partial charge in [-0.25, -0.2) is 0 Å². The topological polar surface area (TPSA) is 68.6 Å². The Kier molecular flexibility index (Phi) is 5.65. The van der Waals surface area contributed by atoms with Crippen LogP contribution in [0.25, 0.3) is 0 Å². The molecule has 1 aromatic rings. The summed E-state index contributed by atoms with van der Waals surface area (Å²) in [5.41, 5.74) is 0.738. The lowest BCUT2D eigenvalue weighted by Crippen LogP contribution is -2.12. The van der Waals surface area contributed by atoms with Gasteiger partial charge in [-0.1, -0.05) is 6.07 Å². The van der Waals surface area contributed by atoms with Gasteiger partial charge in [-0.3, -0.25) is 4.79 Å². The molecule has 0 aromatic heterocycles. The number of benzene rings is 1. The minimum absolute atomic E-state index is 0.0300. The van der Waals surface area contributed by atoms with Crippen LogP contribution < -0.4 is 9.47 Å². The standard InChI is InChI=1S/C17H21NO4/c1-20-15-8-7-12(13(11-18)10-17(19)21-2)9-16(15)22-14-5-3-4-6-14/h7-9,13-14H,3-6,10H2,1-2H3/t13-/m1/s1. The van der Waals surface area contributed by atoms with Crippen LogP contribution >= 0.6 is 0 Å². The Hall–Kier alpha value is -2.22. The molecule has 0 bridgehead atoms. The van der Waals surface area contributed by atoms with E-state index in [4.69, 9.17) is 9.47 Å². The highest BCUT2D eigenvalue weighted by Gasteiger charge is 2.21. The molecule has 0 saturated heterocycles. The van der Waals surface area contributed by atoms with Gasteiger partial charge in [-0.15, -0.1) is 0 Å². The average Bonchev–Trinajstić information content (AvgIpc) is 3.05. The predicted octanol–water partition coefficient (Wildman–Crippen LogP) is 3.19. The van der Waals surface area contributed by atoms with Gasteiger partial charge >= 0.3 is 5.97 Å². The number of nitriles is 1. The van der Waals surface area contributed by atoms with Gasteiger partial charge in [0.25, 0.3) is 0 Å². The molecule has 1 saturated carbocycles. The summed E-state index contributed by atoms with van der Waals surface area (Å²) in [6.45, 7) is 0. The number of hydrogen-bond acceptors (Lipinski definition) is 5. The molecular weight excluding hydrogens is 282 g/mol. The second kappa shape index (κ2) is 7.69. The summed E-state index contributed by atoms with van der Waals surface area (Å²) in [5.74, 6) is 0.326. The Morgan fingerprint density at radius 2 is 2.05 bits per heavy atom. The van der Waals surface area contributed by atoms with Crippen molar-refractivity contribution in [2.45, 2.75) is 44.1 Å². The van der Waals surface area contributed by atoms with Crippen LogP contribution in [0.1, 0.15) is 43.6 Å². The number of carbonyl (C=O) groups excluding carboxylic acids is 1. The van der Waals surface area contributed by atoms with Crippen LogP contribution in [-0.4, -0.2) is 26.3 Å². The summed E-state index contributed by atoms with van der Waals surface area (Å²) in [5, 5.41) is 9.30. The van der Waals surface area contributed by atoms with E-state index in [1.54, 1.807) is 25.3 Å². The van der Waals surface area contributed by atoms with Crippen molar-refractivity contribution in [3.8, 4) is 17.6 Å². The normalized spacial score (nSPS) is 15.9. The maximum absolute atomic E-state index is 11.4. The molecule has 0 radical (unpaired) electrons. The SMILES string of the molecule is COC(=O)C[C@H](C#N)c1ccc(OC)c(OC2CCCC2)c1. The van der Waals surface area contributed by atoms with Gasteiger partial charge in [-0.2, -0.15) is 5.26 Å². The minimum atomic E-state index is -0.552. The van der Waals surface area contributed by atoms with E-state index in [1.807, 2.05) is 0 Å². The van der Waals surface area contributed by atoms with E-state index in [9.17, 15) is 10.1 Å². The number of esters is 1. The Balaban J connectivity index is 2.21. The fraction of sp³-hybridized carbons (Fsp3) is 0.529. The Morgan fingerprint density at radius 1 is 1.32 bits per heavy atom. The third-order valence-electron chi connectivity index (χ3n) is 3.94. The molecule has 0 aliphatic heterocycles. The first kappa shape index (κ1) is 16.2. The highest BCUT2D eigenvalue weighted by atomic mass is 16.5. The van der Waals surface area contributed by atoms with E-state index in [0.717, 1.165) is 18.4 Å². The molecule has 5 heteroatoms. The second-order valence-corrected chi connectivity index (χ2v) is 5.40. The third kappa shape index (κ3) is 3.91. The van der Waals surface area contributed by atoms with Gasteiger partial charge in [0.1, 0.15) is 0 Å². The molecule has 0 unspecified atom stereocenters. The van der Waals surface area contributed by atoms with E-state index >= 15 is 0 Å². The van der Waals surface area contributed by atoms with Gasteiger partial charge in [0.15, 0.2) is 11.5 Å². The first-order chi connectivity index (χ1) is 10.7. The van der Waals surface area contributed by atoms with E-state index in [1.165, 1.54) is 20.0 Å². The number of ether oxygens (including phenoxy) is 3. The molecule has 22 heavy (non-hydrogen) atoms. The summed E-state index contributed by atoms with van der Waals surface area (Å²) in [4.78, 5) is 11.4. The van der Waals surface area contributed by atoms with Gasteiger partial charge in [-0.05, 0) is 43.4 Å². The fourth-order valence-electron chi connectivity index (χ4n) is 2.68. The molecule has 0 heterocycles. The summed E-state index contributed by atoms with van der Waals surface area (Å²) in [7, 11) is 2.91. The minimum Gasteiger partial charge on any atom is -0.493 e. The van der Waals surface area contributed by atoms with Crippen LogP contribution in [0.3, 0.4) is 0 Å². The number of rotatable bonds is 6. The number of nitrogens with zero attached hydrogens (tertiary/aromatic N) is 1. The zero-order valence-electron chi connectivity index (χ0n) is 13.0. The second-order valence-electron chi connectivity index (χ2n) is 5.40. The highest BCUT2D eigenvalue weighted by molar-refractivity contribution is 5.71. The largest absolute Gasteiger partial charge is 0.493 e. The van der Waals surface area contributed by atoms with Crippen LogP contribution in [0.15, 0.2) is 18.2 Å². The quantitative estimate of drug-likeness (QED) is 0.755. The fourth-order valence-corrected chi connectivity index (χ4v) is 2.68. The summed E-state index contributed by atoms with van der Waals surface area (Å²) in [6.07, 6.45) is 4.66. The van der Waals surface area contributed by atoms with Crippen molar-refractivity contribution in [3.63, 3.8) is 0 Å². The van der Waals surface area contributed by atoms with Crippen molar-refractivity contribution >= 4 is 5.97 Å². The zero-order chi connectivity index (χ0) is 15.9. The molecule has 0 spiro atoms. The maximum atomic E-state index is 11.4. The van der Waals surface area contributed by atoms with E-state index < -0.39 is 11.9 Å². The van der Waals surface area contributed by atoms with Gasteiger partial charge < -0.3 is 14.2 Å². The lowest BCUT2D eigenvalue weighted by molar-refractivity contribution is -0.140. The number of hydrogen-bond donors (Lipinski definition) is 0. The van der Waals surface area contributed by atoms with Crippen LogP contribution in [0.5, 0.6) is 11.5 Å². The Bertz CT molecular complexity index is 558. The molecule has 1 aromatic carbocycles. The van der Waals surface area contributed by atoms with E-state index in [-0.39, 0.29) is 12.5 Å². The molecule has 1 atom stereocenters. The molecule has 0 N–H and O–H groups in total. The van der Waals surface area contributed by atoms with Crippen molar-refractivity contribution in [3.05, 3.63) is 23.8 Å². The lowest BCUT2D eigenvalue weighted by atomic mass is 9.97. The van der Waals surface area contributed by atoms with Crippen molar-refractivity contribution in [2.75, 3.05) is 14.2 Å². The monoisotopic (exact) mass is 303 g/mol. The van der Waals surface area contributed by atoms with Gasteiger partial charge in [0, 0.05) is 0 Å².